The number of aryl methyl sites for hydroxylation is 1. The van der Waals surface area contributed by atoms with E-state index in [1.165, 1.54) is 21.6 Å². The van der Waals surface area contributed by atoms with Gasteiger partial charge >= 0.3 is 17.9 Å². The molecule has 2 aromatic carbocycles. The number of carbonyl (C=O) groups is 6. The van der Waals surface area contributed by atoms with Crippen molar-refractivity contribution in [1.29, 1.82) is 0 Å². The number of esters is 2. The first-order valence-corrected chi connectivity index (χ1v) is 15.3. The lowest BCUT2D eigenvalue weighted by Crippen LogP contribution is -2.56. The van der Waals surface area contributed by atoms with Gasteiger partial charge in [-0.25, -0.2) is 4.79 Å². The molecule has 2 aliphatic heterocycles. The molecule has 0 radical (unpaired) electrons. The van der Waals surface area contributed by atoms with Crippen molar-refractivity contribution < 1.29 is 43.3 Å². The van der Waals surface area contributed by atoms with Crippen LogP contribution in [0.3, 0.4) is 0 Å². The van der Waals surface area contributed by atoms with Crippen molar-refractivity contribution in [2.75, 3.05) is 0 Å². The molecule has 0 saturated carbocycles. The smallest absolute Gasteiger partial charge is 0.327 e. The number of fused-ring (bicyclic) bond motifs is 2. The molecule has 2 saturated heterocycles. The minimum absolute atomic E-state index is 0.0141. The zero-order valence-corrected chi connectivity index (χ0v) is 27.1. The summed E-state index contributed by atoms with van der Waals surface area (Å²) in [7, 11) is 0. The van der Waals surface area contributed by atoms with Crippen LogP contribution in [-0.4, -0.2) is 66.4 Å². The van der Waals surface area contributed by atoms with Gasteiger partial charge in [0.1, 0.15) is 17.5 Å². The number of pyridine rings is 1. The minimum Gasteiger partial charge on any atom is -0.480 e. The van der Waals surface area contributed by atoms with Crippen LogP contribution in [0.15, 0.2) is 47.3 Å². The maximum absolute atomic E-state index is 13.5. The van der Waals surface area contributed by atoms with Crippen LogP contribution in [-0.2, 0) is 30.5 Å². The van der Waals surface area contributed by atoms with Gasteiger partial charge in [0.2, 0.25) is 17.2 Å². The van der Waals surface area contributed by atoms with Crippen LogP contribution < -0.4 is 26.4 Å². The fourth-order valence-electron chi connectivity index (χ4n) is 5.90. The van der Waals surface area contributed by atoms with Crippen molar-refractivity contribution in [3.05, 3.63) is 69.5 Å². The number of ether oxygens (including phenoxy) is 2. The second-order valence-electron chi connectivity index (χ2n) is 11.4. The number of carboxylic acid groups (broad SMARTS) is 1. The molecule has 2 aliphatic rings. The van der Waals surface area contributed by atoms with E-state index in [4.69, 9.17) is 26.0 Å². The van der Waals surface area contributed by atoms with Gasteiger partial charge in [-0.1, -0.05) is 30.3 Å². The zero-order chi connectivity index (χ0) is 35.0. The molecule has 0 spiro atoms. The van der Waals surface area contributed by atoms with E-state index in [2.05, 4.69) is 0 Å². The normalized spacial score (nSPS) is 18.2. The first kappa shape index (κ1) is 34.7. The number of hydrogen-bond donors (Lipinski definition) is 3. The standard InChI is InChI=1S/C24H23N3O7.C8H11NO3S/c1-4-27-16-11-18(34-13(3)29)17(33-12(2)28)10-15(16)22(30)20(24(26)32)21(27)19(23(25)31)14-8-6-5-7-9-14;1-8(2)6(7(11)12)9-4(10)3-5(9)13-8/h5-11,19H,4H2,1-3H3,(H2,25,31)(H2,26,32);5-6H,3H2,1-2H3,(H,11,12)/t;5-,6+/m.1/s1. The van der Waals surface area contributed by atoms with E-state index in [0.717, 1.165) is 13.8 Å². The van der Waals surface area contributed by atoms with Gasteiger partial charge < -0.3 is 35.5 Å². The summed E-state index contributed by atoms with van der Waals surface area (Å²) in [4.78, 5) is 85.4. The summed E-state index contributed by atoms with van der Waals surface area (Å²) in [5.41, 5.74) is 10.8. The van der Waals surface area contributed by atoms with Crippen molar-refractivity contribution in [3.63, 3.8) is 0 Å². The fourth-order valence-corrected chi connectivity index (χ4v) is 7.52. The van der Waals surface area contributed by atoms with Crippen molar-refractivity contribution >= 4 is 58.3 Å². The molecule has 2 fully saturated rings. The number of benzene rings is 2. The molecule has 1 unspecified atom stereocenters. The maximum Gasteiger partial charge on any atom is 0.327 e. The molecule has 0 bridgehead atoms. The highest BCUT2D eigenvalue weighted by Crippen LogP contribution is 2.50. The Morgan fingerprint density at radius 3 is 2.02 bits per heavy atom. The predicted octanol–water partition coefficient (Wildman–Crippen LogP) is 2.11. The van der Waals surface area contributed by atoms with Crippen LogP contribution in [0.25, 0.3) is 10.9 Å². The number of primary amides is 2. The summed E-state index contributed by atoms with van der Waals surface area (Å²) >= 11 is 1.58. The van der Waals surface area contributed by atoms with E-state index in [0.29, 0.717) is 12.0 Å². The minimum atomic E-state index is -1.17. The monoisotopic (exact) mass is 666 g/mol. The lowest BCUT2D eigenvalue weighted by Gasteiger charge is -2.36. The van der Waals surface area contributed by atoms with Gasteiger partial charge in [0, 0.05) is 31.2 Å². The number of nitrogens with two attached hydrogens (primary N) is 2. The number of carboxylic acids is 1. The summed E-state index contributed by atoms with van der Waals surface area (Å²) in [5, 5.41) is 9.06. The highest BCUT2D eigenvalue weighted by Gasteiger charge is 2.58. The number of β-lactam (4-membered cyclic amide) rings is 1. The molecule has 5 N–H and O–H groups in total. The highest BCUT2D eigenvalue weighted by atomic mass is 32.2. The third-order valence-corrected chi connectivity index (χ3v) is 9.19. The molecule has 0 aliphatic carbocycles. The largest absolute Gasteiger partial charge is 0.480 e. The van der Waals surface area contributed by atoms with Gasteiger partial charge in [-0.3, -0.25) is 28.8 Å². The van der Waals surface area contributed by atoms with Crippen LogP contribution in [0.5, 0.6) is 11.5 Å². The van der Waals surface area contributed by atoms with Crippen LogP contribution in [0, 0.1) is 0 Å². The average molecular weight is 667 g/mol. The number of carbonyl (C=O) groups excluding carboxylic acids is 5. The van der Waals surface area contributed by atoms with Crippen molar-refractivity contribution in [1.82, 2.24) is 9.47 Å². The van der Waals surface area contributed by atoms with E-state index in [1.807, 2.05) is 13.8 Å². The average Bonchev–Trinajstić information content (AvgIpc) is 3.19. The maximum atomic E-state index is 13.5. The first-order chi connectivity index (χ1) is 22.0. The Kier molecular flexibility index (Phi) is 9.80. The van der Waals surface area contributed by atoms with Crippen LogP contribution >= 0.6 is 11.8 Å². The highest BCUT2D eigenvalue weighted by molar-refractivity contribution is 8.01. The zero-order valence-electron chi connectivity index (χ0n) is 26.3. The molecule has 3 amide bonds. The summed E-state index contributed by atoms with van der Waals surface area (Å²) in [6, 6.07) is 10.3. The Morgan fingerprint density at radius 1 is 1.00 bits per heavy atom. The lowest BCUT2D eigenvalue weighted by atomic mass is 9.89. The third-order valence-electron chi connectivity index (χ3n) is 7.69. The SMILES string of the molecule is CC1(C)S[C@@H]2CC(=O)N2[C@H]1C(=O)O.CCn1c(C(C(N)=O)c2ccccc2)c(C(N)=O)c(=O)c2cc(OC(C)=O)c(OC(C)=O)cc21. The molecular formula is C32H34N4O10S. The van der Waals surface area contributed by atoms with Gasteiger partial charge in [0.05, 0.1) is 28.4 Å². The second kappa shape index (κ2) is 13.3. The van der Waals surface area contributed by atoms with E-state index < -0.39 is 52.7 Å². The molecule has 5 rings (SSSR count). The van der Waals surface area contributed by atoms with Gasteiger partial charge in [-0.05, 0) is 32.4 Å². The van der Waals surface area contributed by atoms with Crippen molar-refractivity contribution in [2.24, 2.45) is 11.5 Å². The summed E-state index contributed by atoms with van der Waals surface area (Å²) in [6.45, 7) is 7.97. The van der Waals surface area contributed by atoms with Crippen LogP contribution in [0.4, 0.5) is 0 Å². The Hall–Kier alpha value is -5.18. The molecular weight excluding hydrogens is 632 g/mol. The first-order valence-electron chi connectivity index (χ1n) is 14.5. The van der Waals surface area contributed by atoms with Crippen LogP contribution in [0.1, 0.15) is 68.6 Å². The Balaban J connectivity index is 0.000000318. The van der Waals surface area contributed by atoms with Gasteiger partial charge in [0.15, 0.2) is 11.5 Å². The molecule has 1 aromatic heterocycles. The molecule has 3 aromatic rings. The summed E-state index contributed by atoms with van der Waals surface area (Å²) in [5.74, 6) is -5.66. The molecule has 248 valence electrons. The molecule has 47 heavy (non-hydrogen) atoms. The predicted molar refractivity (Wildman–Crippen MR) is 171 cm³/mol. The molecule has 14 nitrogen and oxygen atoms in total. The van der Waals surface area contributed by atoms with Crippen LogP contribution in [0.2, 0.25) is 0 Å². The Labute approximate surface area is 273 Å². The van der Waals surface area contributed by atoms with Gasteiger partial charge in [-0.15, -0.1) is 11.8 Å². The van der Waals surface area contributed by atoms with E-state index in [9.17, 15) is 33.6 Å². The second-order valence-corrected chi connectivity index (χ2v) is 13.2. The van der Waals surface area contributed by atoms with Crippen molar-refractivity contribution in [3.8, 4) is 11.5 Å². The Bertz CT molecular complexity index is 1870. The number of thioether (sulfide) groups is 1. The number of rotatable bonds is 8. The summed E-state index contributed by atoms with van der Waals surface area (Å²) < 4.78 is 11.5. The third kappa shape index (κ3) is 6.70. The topological polar surface area (TPSA) is 218 Å². The quantitative estimate of drug-likeness (QED) is 0.180. The van der Waals surface area contributed by atoms with Gasteiger partial charge in [-0.2, -0.15) is 0 Å². The number of aromatic nitrogens is 1. The van der Waals surface area contributed by atoms with E-state index in [-0.39, 0.29) is 50.7 Å². The lowest BCUT2D eigenvalue weighted by molar-refractivity contribution is -0.157. The number of amides is 3. The molecule has 15 heteroatoms. The number of aliphatic carboxylic acids is 1. The Morgan fingerprint density at radius 2 is 1.57 bits per heavy atom. The fraction of sp³-hybridized carbons (Fsp3) is 0.344. The molecule has 3 heterocycles. The van der Waals surface area contributed by atoms with E-state index in [1.54, 1.807) is 49.0 Å². The number of hydrogen-bond acceptors (Lipinski definition) is 10. The van der Waals surface area contributed by atoms with Crippen molar-refractivity contribution in [2.45, 2.75) is 69.7 Å². The van der Waals surface area contributed by atoms with E-state index >= 15 is 0 Å². The van der Waals surface area contributed by atoms with Gasteiger partial charge in [0.25, 0.3) is 5.91 Å². The summed E-state index contributed by atoms with van der Waals surface area (Å²) in [6.07, 6.45) is 0.498. The molecule has 3 atom stereocenters. The number of nitrogens with zero attached hydrogens (tertiary/aromatic N) is 2.